The maximum atomic E-state index is 12.2. The minimum Gasteiger partial charge on any atom is -0.480 e. The summed E-state index contributed by atoms with van der Waals surface area (Å²) >= 11 is 6.38. The van der Waals surface area contributed by atoms with Crippen LogP contribution in [0.5, 0.6) is 0 Å². The number of nitrogens with zero attached hydrogens (tertiary/aromatic N) is 1. The molecule has 6 nitrogen and oxygen atoms in total. The Bertz CT molecular complexity index is 1310. The summed E-state index contributed by atoms with van der Waals surface area (Å²) in [6, 6.07) is 20.6. The van der Waals surface area contributed by atoms with Crippen LogP contribution in [0, 0.1) is 0 Å². The Morgan fingerprint density at radius 1 is 0.966 bits per heavy atom. The van der Waals surface area contributed by atoms with E-state index in [-0.39, 0.29) is 5.03 Å². The standard InChI is InChI=1S/C21H15ClN2O4S/c22-16-10-17-18(11-19(23-17)29(27,28)12-20(25)26)24-21(16)15-8-6-14(7-9-15)13-4-2-1-3-5-13/h1-11,23H,12H2,(H,25,26). The predicted octanol–water partition coefficient (Wildman–Crippen LogP) is 4.41. The monoisotopic (exact) mass is 426 g/mol. The van der Waals surface area contributed by atoms with Crippen LogP contribution in [0.1, 0.15) is 0 Å². The van der Waals surface area contributed by atoms with Crippen molar-refractivity contribution in [3.8, 4) is 22.4 Å². The van der Waals surface area contributed by atoms with Gasteiger partial charge in [0.15, 0.2) is 5.75 Å². The lowest BCUT2D eigenvalue weighted by molar-refractivity contribution is -0.134. The number of hydrogen-bond acceptors (Lipinski definition) is 4. The molecule has 0 saturated heterocycles. The van der Waals surface area contributed by atoms with E-state index in [0.717, 1.165) is 16.7 Å². The Balaban J connectivity index is 1.73. The first-order valence-corrected chi connectivity index (χ1v) is 10.7. The molecule has 2 aromatic heterocycles. The normalized spacial score (nSPS) is 11.6. The molecule has 2 heterocycles. The number of hydrogen-bond donors (Lipinski definition) is 2. The first-order valence-electron chi connectivity index (χ1n) is 8.63. The summed E-state index contributed by atoms with van der Waals surface area (Å²) in [4.78, 5) is 18.0. The highest BCUT2D eigenvalue weighted by atomic mass is 35.5. The van der Waals surface area contributed by atoms with Gasteiger partial charge >= 0.3 is 5.97 Å². The van der Waals surface area contributed by atoms with Crippen molar-refractivity contribution in [2.24, 2.45) is 0 Å². The number of pyridine rings is 1. The van der Waals surface area contributed by atoms with Gasteiger partial charge in [-0.2, -0.15) is 0 Å². The van der Waals surface area contributed by atoms with Crippen LogP contribution in [-0.4, -0.2) is 35.2 Å². The third-order valence-electron chi connectivity index (χ3n) is 4.45. The van der Waals surface area contributed by atoms with Gasteiger partial charge in [0, 0.05) is 11.6 Å². The lowest BCUT2D eigenvalue weighted by Crippen LogP contribution is -2.15. The van der Waals surface area contributed by atoms with Crippen molar-refractivity contribution < 1.29 is 18.3 Å². The molecule has 0 spiro atoms. The van der Waals surface area contributed by atoms with Gasteiger partial charge < -0.3 is 10.1 Å². The maximum absolute atomic E-state index is 12.2. The predicted molar refractivity (Wildman–Crippen MR) is 112 cm³/mol. The molecule has 146 valence electrons. The highest BCUT2D eigenvalue weighted by molar-refractivity contribution is 7.92. The van der Waals surface area contributed by atoms with E-state index in [0.29, 0.717) is 21.7 Å². The van der Waals surface area contributed by atoms with Gasteiger partial charge in [0.05, 0.1) is 21.7 Å². The van der Waals surface area contributed by atoms with Gasteiger partial charge in [0.1, 0.15) is 5.03 Å². The SMILES string of the molecule is O=C(O)CS(=O)(=O)c1cc2nc(-c3ccc(-c4ccccc4)cc3)c(Cl)cc2[nH]1. The summed E-state index contributed by atoms with van der Waals surface area (Å²) in [7, 11) is -3.99. The zero-order chi connectivity index (χ0) is 20.6. The molecule has 2 N–H and O–H groups in total. The summed E-state index contributed by atoms with van der Waals surface area (Å²) in [5, 5.41) is 8.95. The zero-order valence-corrected chi connectivity index (χ0v) is 16.5. The molecule has 0 radical (unpaired) electrons. The van der Waals surface area contributed by atoms with Crippen LogP contribution in [0.15, 0.2) is 71.8 Å². The quantitative estimate of drug-likeness (QED) is 0.492. The molecule has 0 fully saturated rings. The molecule has 4 aromatic rings. The van der Waals surface area contributed by atoms with Gasteiger partial charge in [-0.1, -0.05) is 66.2 Å². The minimum atomic E-state index is -3.99. The van der Waals surface area contributed by atoms with E-state index >= 15 is 0 Å². The third-order valence-corrected chi connectivity index (χ3v) is 6.25. The lowest BCUT2D eigenvalue weighted by atomic mass is 10.0. The number of aromatic amines is 1. The van der Waals surface area contributed by atoms with Crippen molar-refractivity contribution in [1.29, 1.82) is 0 Å². The van der Waals surface area contributed by atoms with Gasteiger partial charge in [0.25, 0.3) is 0 Å². The van der Waals surface area contributed by atoms with Gasteiger partial charge in [-0.25, -0.2) is 13.4 Å². The van der Waals surface area contributed by atoms with E-state index in [4.69, 9.17) is 16.7 Å². The number of rotatable bonds is 5. The van der Waals surface area contributed by atoms with Gasteiger partial charge in [-0.3, -0.25) is 4.79 Å². The maximum Gasteiger partial charge on any atom is 0.319 e. The number of H-pyrrole nitrogens is 1. The van der Waals surface area contributed by atoms with Crippen molar-refractivity contribution in [2.45, 2.75) is 5.03 Å². The number of halogens is 1. The third kappa shape index (κ3) is 3.87. The van der Waals surface area contributed by atoms with E-state index < -0.39 is 21.6 Å². The number of carboxylic acid groups (broad SMARTS) is 1. The van der Waals surface area contributed by atoms with Gasteiger partial charge in [-0.05, 0) is 17.2 Å². The number of benzene rings is 2. The Hall–Kier alpha value is -3.16. The molecule has 8 heteroatoms. The Kier molecular flexibility index (Phi) is 4.86. The first kappa shape index (κ1) is 19.2. The zero-order valence-electron chi connectivity index (χ0n) is 15.0. The highest BCUT2D eigenvalue weighted by Gasteiger charge is 2.22. The van der Waals surface area contributed by atoms with Crippen LogP contribution in [-0.2, 0) is 14.6 Å². The van der Waals surface area contributed by atoms with Crippen molar-refractivity contribution in [2.75, 3.05) is 5.75 Å². The summed E-state index contributed by atoms with van der Waals surface area (Å²) in [6.07, 6.45) is 0. The summed E-state index contributed by atoms with van der Waals surface area (Å²) in [6.45, 7) is 0. The van der Waals surface area contributed by atoms with E-state index in [1.165, 1.54) is 6.07 Å². The average Bonchev–Trinajstić information content (AvgIpc) is 3.11. The Morgan fingerprint density at radius 3 is 2.24 bits per heavy atom. The summed E-state index contributed by atoms with van der Waals surface area (Å²) < 4.78 is 24.3. The lowest BCUT2D eigenvalue weighted by Gasteiger charge is -2.06. The topological polar surface area (TPSA) is 100 Å². The molecular weight excluding hydrogens is 412 g/mol. The molecule has 29 heavy (non-hydrogen) atoms. The number of carbonyl (C=O) groups is 1. The highest BCUT2D eigenvalue weighted by Crippen LogP contribution is 2.31. The molecule has 0 aliphatic carbocycles. The molecule has 0 atom stereocenters. The number of aliphatic carboxylic acids is 1. The second-order valence-corrected chi connectivity index (χ2v) is 8.85. The number of fused-ring (bicyclic) bond motifs is 1. The largest absolute Gasteiger partial charge is 0.480 e. The minimum absolute atomic E-state index is 0.199. The van der Waals surface area contributed by atoms with Gasteiger partial charge in [-0.15, -0.1) is 0 Å². The fraction of sp³-hybridized carbons (Fsp3) is 0.0476. The van der Waals surface area contributed by atoms with Crippen molar-refractivity contribution in [3.05, 3.63) is 71.8 Å². The number of sulfone groups is 1. The average molecular weight is 427 g/mol. The van der Waals surface area contributed by atoms with Crippen LogP contribution in [0.2, 0.25) is 5.02 Å². The summed E-state index contributed by atoms with van der Waals surface area (Å²) in [5.74, 6) is -2.42. The van der Waals surface area contributed by atoms with Crippen LogP contribution in [0.4, 0.5) is 0 Å². The van der Waals surface area contributed by atoms with Crippen LogP contribution in [0.25, 0.3) is 33.4 Å². The van der Waals surface area contributed by atoms with E-state index in [1.807, 2.05) is 54.6 Å². The van der Waals surface area contributed by atoms with Crippen molar-refractivity contribution in [3.63, 3.8) is 0 Å². The number of aromatic nitrogens is 2. The molecule has 0 saturated carbocycles. The molecule has 0 bridgehead atoms. The van der Waals surface area contributed by atoms with Crippen molar-refractivity contribution in [1.82, 2.24) is 9.97 Å². The molecule has 0 aliphatic heterocycles. The van der Waals surface area contributed by atoms with E-state index in [9.17, 15) is 13.2 Å². The van der Waals surface area contributed by atoms with Crippen molar-refractivity contribution >= 4 is 38.4 Å². The second-order valence-electron chi connectivity index (χ2n) is 6.48. The molecule has 2 aromatic carbocycles. The summed E-state index contributed by atoms with van der Waals surface area (Å²) in [5.41, 5.74) is 4.25. The van der Waals surface area contributed by atoms with Gasteiger partial charge in [0.2, 0.25) is 9.84 Å². The van der Waals surface area contributed by atoms with Crippen LogP contribution >= 0.6 is 11.6 Å². The fourth-order valence-corrected chi connectivity index (χ4v) is 4.37. The molecule has 0 unspecified atom stereocenters. The molecular formula is C21H15ClN2O4S. The second kappa shape index (κ2) is 7.35. The van der Waals surface area contributed by atoms with E-state index in [2.05, 4.69) is 9.97 Å². The molecule has 4 rings (SSSR count). The number of nitrogens with one attached hydrogen (secondary N) is 1. The Labute approximate surface area is 171 Å². The number of carboxylic acids is 1. The fourth-order valence-electron chi connectivity index (χ4n) is 3.07. The first-order chi connectivity index (χ1) is 13.8. The molecule has 0 amide bonds. The van der Waals surface area contributed by atoms with Crippen LogP contribution < -0.4 is 0 Å². The van der Waals surface area contributed by atoms with E-state index in [1.54, 1.807) is 6.07 Å². The van der Waals surface area contributed by atoms with Crippen LogP contribution in [0.3, 0.4) is 0 Å². The smallest absolute Gasteiger partial charge is 0.319 e. The Morgan fingerprint density at radius 2 is 1.59 bits per heavy atom. The molecule has 0 aliphatic rings.